The molecule has 1 amide bonds. The predicted molar refractivity (Wildman–Crippen MR) is 128 cm³/mol. The number of aryl methyl sites for hydroxylation is 1. The van der Waals surface area contributed by atoms with Gasteiger partial charge in [-0.2, -0.15) is 0 Å². The number of nitrogens with zero attached hydrogens (tertiary/aromatic N) is 2. The summed E-state index contributed by atoms with van der Waals surface area (Å²) < 4.78 is 33.1. The Hall–Kier alpha value is -3.02. The summed E-state index contributed by atoms with van der Waals surface area (Å²) >= 11 is 0. The van der Waals surface area contributed by atoms with Crippen LogP contribution < -0.4 is 14.8 Å². The van der Waals surface area contributed by atoms with Gasteiger partial charge in [-0.25, -0.2) is 13.1 Å². The van der Waals surface area contributed by atoms with E-state index >= 15 is 0 Å². The van der Waals surface area contributed by atoms with E-state index in [0.717, 1.165) is 18.4 Å². The molecule has 0 bridgehead atoms. The number of rotatable bonds is 9. The van der Waals surface area contributed by atoms with Crippen molar-refractivity contribution in [2.75, 3.05) is 32.1 Å². The number of ether oxygens (including phenoxy) is 1. The van der Waals surface area contributed by atoms with Gasteiger partial charge >= 0.3 is 0 Å². The first kappa shape index (κ1) is 25.6. The van der Waals surface area contributed by atoms with Crippen LogP contribution >= 0.6 is 0 Å². The molecule has 2 aromatic rings. The number of nitro groups is 1. The predicted octanol–water partition coefficient (Wildman–Crippen LogP) is 2.93. The van der Waals surface area contributed by atoms with E-state index in [4.69, 9.17) is 4.74 Å². The Morgan fingerprint density at radius 2 is 1.97 bits per heavy atom. The number of likely N-dealkylation sites (tertiary alicyclic amines) is 1. The topological polar surface area (TPSA) is 131 Å². The van der Waals surface area contributed by atoms with Crippen molar-refractivity contribution in [1.29, 1.82) is 0 Å². The zero-order chi connectivity index (χ0) is 24.9. The Kier molecular flexibility index (Phi) is 8.24. The number of carbonyl (C=O) groups is 1. The minimum Gasteiger partial charge on any atom is -0.495 e. The molecule has 10 nitrogen and oxygen atoms in total. The smallest absolute Gasteiger partial charge is 0.271 e. The van der Waals surface area contributed by atoms with Crippen LogP contribution in [0.2, 0.25) is 0 Å². The van der Waals surface area contributed by atoms with E-state index in [1.165, 1.54) is 25.3 Å². The van der Waals surface area contributed by atoms with Gasteiger partial charge < -0.3 is 10.1 Å². The second-order valence-electron chi connectivity index (χ2n) is 8.48. The number of amides is 1. The SMILES string of the molecule is COc1ccc([N+](=O)[O-])cc1NC(=O)C(C)N1CCCC(CNS(=O)(=O)c2ccc(C)cc2)C1. The van der Waals surface area contributed by atoms with E-state index in [-0.39, 0.29) is 34.6 Å². The number of nitro benzene ring substituents is 1. The van der Waals surface area contributed by atoms with E-state index < -0.39 is 21.0 Å². The fourth-order valence-electron chi connectivity index (χ4n) is 3.95. The van der Waals surface area contributed by atoms with Crippen molar-refractivity contribution < 1.29 is 22.9 Å². The van der Waals surface area contributed by atoms with Gasteiger partial charge in [0, 0.05) is 25.2 Å². The van der Waals surface area contributed by atoms with Crippen molar-refractivity contribution in [1.82, 2.24) is 9.62 Å². The van der Waals surface area contributed by atoms with E-state index in [1.807, 2.05) is 11.8 Å². The first-order valence-electron chi connectivity index (χ1n) is 11.0. The molecule has 2 atom stereocenters. The molecule has 2 aromatic carbocycles. The maximum absolute atomic E-state index is 12.9. The number of nitrogens with one attached hydrogen (secondary N) is 2. The van der Waals surface area contributed by atoms with E-state index in [1.54, 1.807) is 31.2 Å². The zero-order valence-corrected chi connectivity index (χ0v) is 20.3. The zero-order valence-electron chi connectivity index (χ0n) is 19.5. The first-order valence-corrected chi connectivity index (χ1v) is 12.5. The Morgan fingerprint density at radius 1 is 1.26 bits per heavy atom. The van der Waals surface area contributed by atoms with Gasteiger partial charge in [0.15, 0.2) is 0 Å². The van der Waals surface area contributed by atoms with Crippen molar-refractivity contribution >= 4 is 27.3 Å². The molecule has 1 aliphatic rings. The lowest BCUT2D eigenvalue weighted by Gasteiger charge is -2.36. The largest absolute Gasteiger partial charge is 0.495 e. The average molecular weight is 491 g/mol. The van der Waals surface area contributed by atoms with E-state index in [2.05, 4.69) is 10.0 Å². The Morgan fingerprint density at radius 3 is 2.62 bits per heavy atom. The summed E-state index contributed by atoms with van der Waals surface area (Å²) in [4.78, 5) is 25.7. The molecule has 2 N–H and O–H groups in total. The van der Waals surface area contributed by atoms with Crippen LogP contribution in [0.3, 0.4) is 0 Å². The normalized spacial score (nSPS) is 17.7. The number of hydrogen-bond acceptors (Lipinski definition) is 7. The van der Waals surface area contributed by atoms with Crippen molar-refractivity contribution in [2.45, 2.75) is 37.6 Å². The van der Waals surface area contributed by atoms with Crippen LogP contribution in [0.1, 0.15) is 25.3 Å². The van der Waals surface area contributed by atoms with Crippen LogP contribution in [0.15, 0.2) is 47.4 Å². The molecule has 1 heterocycles. The lowest BCUT2D eigenvalue weighted by Crippen LogP contribution is -2.49. The third kappa shape index (κ3) is 6.31. The minimum atomic E-state index is -3.61. The monoisotopic (exact) mass is 490 g/mol. The van der Waals surface area contributed by atoms with Gasteiger partial charge in [-0.15, -0.1) is 0 Å². The molecular weight excluding hydrogens is 460 g/mol. The number of sulfonamides is 1. The van der Waals surface area contributed by atoms with Crippen LogP contribution in [0.25, 0.3) is 0 Å². The lowest BCUT2D eigenvalue weighted by atomic mass is 9.97. The summed E-state index contributed by atoms with van der Waals surface area (Å²) in [6.45, 7) is 5.18. The maximum Gasteiger partial charge on any atom is 0.271 e. The summed E-state index contributed by atoms with van der Waals surface area (Å²) in [6, 6.07) is 10.2. The second kappa shape index (κ2) is 10.9. The van der Waals surface area contributed by atoms with Gasteiger partial charge in [0.05, 0.1) is 28.7 Å². The van der Waals surface area contributed by atoms with Gasteiger partial charge in [-0.05, 0) is 57.4 Å². The molecule has 2 unspecified atom stereocenters. The highest BCUT2D eigenvalue weighted by atomic mass is 32.2. The number of carbonyl (C=O) groups excluding carboxylic acids is 1. The number of non-ortho nitro benzene ring substituents is 1. The highest BCUT2D eigenvalue weighted by molar-refractivity contribution is 7.89. The molecule has 0 aromatic heterocycles. The Balaban J connectivity index is 1.61. The Labute approximate surface area is 199 Å². The number of methoxy groups -OCH3 is 1. The minimum absolute atomic E-state index is 0.0524. The summed E-state index contributed by atoms with van der Waals surface area (Å²) in [5.74, 6) is 0.0597. The summed E-state index contributed by atoms with van der Waals surface area (Å²) in [5.41, 5.74) is 1.06. The van der Waals surface area contributed by atoms with Crippen LogP contribution in [0.5, 0.6) is 5.75 Å². The number of anilines is 1. The van der Waals surface area contributed by atoms with Crippen molar-refractivity contribution in [3.63, 3.8) is 0 Å². The molecule has 1 aliphatic heterocycles. The molecule has 11 heteroatoms. The van der Waals surface area contributed by atoms with E-state index in [9.17, 15) is 23.3 Å². The molecule has 3 rings (SSSR count). The van der Waals surface area contributed by atoms with Crippen LogP contribution in [-0.4, -0.2) is 56.9 Å². The molecular formula is C23H30N4O6S. The highest BCUT2D eigenvalue weighted by Gasteiger charge is 2.29. The fraction of sp³-hybridized carbons (Fsp3) is 0.435. The quantitative estimate of drug-likeness (QED) is 0.408. The van der Waals surface area contributed by atoms with Gasteiger partial charge in [-0.3, -0.25) is 19.8 Å². The van der Waals surface area contributed by atoms with Crippen molar-refractivity contribution in [3.8, 4) is 5.75 Å². The third-order valence-corrected chi connectivity index (χ3v) is 7.46. The van der Waals surface area contributed by atoms with Gasteiger partial charge in [0.1, 0.15) is 5.75 Å². The summed E-state index contributed by atoms with van der Waals surface area (Å²) in [7, 11) is -2.18. The molecule has 1 fully saturated rings. The lowest BCUT2D eigenvalue weighted by molar-refractivity contribution is -0.384. The first-order chi connectivity index (χ1) is 16.1. The molecule has 0 spiro atoms. The number of piperidine rings is 1. The fourth-order valence-corrected chi connectivity index (χ4v) is 5.07. The molecule has 0 aliphatic carbocycles. The van der Waals surface area contributed by atoms with Crippen LogP contribution in [0, 0.1) is 23.0 Å². The van der Waals surface area contributed by atoms with E-state index in [0.29, 0.717) is 18.8 Å². The standard InChI is InChI=1S/C23H30N4O6S/c1-16-6-9-20(10-7-16)34(31,32)24-14-18-5-4-12-26(15-18)17(2)23(28)25-21-13-19(27(29)30)8-11-22(21)33-3/h6-11,13,17-18,24H,4-5,12,14-15H2,1-3H3,(H,25,28). The summed E-state index contributed by atoms with van der Waals surface area (Å²) in [6.07, 6.45) is 1.68. The number of hydrogen-bond donors (Lipinski definition) is 2. The van der Waals surface area contributed by atoms with Crippen molar-refractivity contribution in [3.05, 3.63) is 58.1 Å². The maximum atomic E-state index is 12.9. The van der Waals surface area contributed by atoms with Gasteiger partial charge in [0.2, 0.25) is 15.9 Å². The molecule has 0 radical (unpaired) electrons. The highest BCUT2D eigenvalue weighted by Crippen LogP contribution is 2.29. The van der Waals surface area contributed by atoms with Crippen molar-refractivity contribution in [2.24, 2.45) is 5.92 Å². The van der Waals surface area contributed by atoms with Gasteiger partial charge in [-0.1, -0.05) is 17.7 Å². The third-order valence-electron chi connectivity index (χ3n) is 6.02. The van der Waals surface area contributed by atoms with Crippen LogP contribution in [0.4, 0.5) is 11.4 Å². The Bertz CT molecular complexity index is 1140. The van der Waals surface area contributed by atoms with Crippen LogP contribution in [-0.2, 0) is 14.8 Å². The van der Waals surface area contributed by atoms with Gasteiger partial charge in [0.25, 0.3) is 5.69 Å². The molecule has 34 heavy (non-hydrogen) atoms. The molecule has 1 saturated heterocycles. The second-order valence-corrected chi connectivity index (χ2v) is 10.2. The molecule has 0 saturated carbocycles. The average Bonchev–Trinajstić information content (AvgIpc) is 2.82. The molecule has 184 valence electrons. The summed E-state index contributed by atoms with van der Waals surface area (Å²) in [5, 5.41) is 13.8. The number of benzene rings is 2.